The molecule has 0 amide bonds. The molecule has 1 aliphatic rings. The highest BCUT2D eigenvalue weighted by Gasteiger charge is 2.07. The zero-order valence-electron chi connectivity index (χ0n) is 9.10. The summed E-state index contributed by atoms with van der Waals surface area (Å²) in [6, 6.07) is 0.404. The molecule has 0 spiro atoms. The van der Waals surface area contributed by atoms with Gasteiger partial charge in [-0.15, -0.1) is 0 Å². The van der Waals surface area contributed by atoms with Crippen molar-refractivity contribution in [3.63, 3.8) is 0 Å². The Morgan fingerprint density at radius 2 is 2.40 bits per heavy atom. The lowest BCUT2D eigenvalue weighted by atomic mass is 10.4. The van der Waals surface area contributed by atoms with Crippen LogP contribution >= 0.6 is 11.8 Å². The van der Waals surface area contributed by atoms with E-state index in [1.807, 2.05) is 17.1 Å². The van der Waals surface area contributed by atoms with Crippen LogP contribution in [-0.4, -0.2) is 27.2 Å². The predicted octanol–water partition coefficient (Wildman–Crippen LogP) is 2.37. The number of nitrogens with zero attached hydrogens (tertiary/aromatic N) is 3. The zero-order valence-corrected chi connectivity index (χ0v) is 9.92. The van der Waals surface area contributed by atoms with Gasteiger partial charge in [0.25, 0.3) is 0 Å². The van der Waals surface area contributed by atoms with Crippen LogP contribution in [0.1, 0.15) is 26.3 Å². The summed E-state index contributed by atoms with van der Waals surface area (Å²) in [6.45, 7) is 5.17. The van der Waals surface area contributed by atoms with E-state index in [1.165, 1.54) is 6.42 Å². The summed E-state index contributed by atoms with van der Waals surface area (Å²) in [5.74, 6) is 1.16. The molecule has 1 N–H and O–H groups in total. The molecule has 1 aromatic rings. The standard InChI is InChI=1S/C10H16N4S/c1-8(2)14-7-9(6-12-14)13-10-11-4-3-5-15-10/h6-8H,3-5H2,1-2H3,(H,11,13). The van der Waals surface area contributed by atoms with Gasteiger partial charge >= 0.3 is 0 Å². The Labute approximate surface area is 94.2 Å². The Balaban J connectivity index is 2.01. The summed E-state index contributed by atoms with van der Waals surface area (Å²) >= 11 is 1.78. The maximum atomic E-state index is 4.41. The SMILES string of the molecule is CC(C)n1cc(NC2=NCCCS2)cn1. The molecule has 5 heteroatoms. The molecule has 0 unspecified atom stereocenters. The van der Waals surface area contributed by atoms with Crippen LogP contribution in [0.15, 0.2) is 17.4 Å². The molecular formula is C10H16N4S. The van der Waals surface area contributed by atoms with Gasteiger partial charge in [-0.1, -0.05) is 11.8 Å². The summed E-state index contributed by atoms with van der Waals surface area (Å²) in [5.41, 5.74) is 1.02. The van der Waals surface area contributed by atoms with Gasteiger partial charge in [0.2, 0.25) is 0 Å². The lowest BCUT2D eigenvalue weighted by molar-refractivity contribution is 0.532. The molecule has 1 aliphatic heterocycles. The molecule has 0 bridgehead atoms. The van der Waals surface area contributed by atoms with Gasteiger partial charge in [0, 0.05) is 24.5 Å². The number of aromatic nitrogens is 2. The van der Waals surface area contributed by atoms with Crippen LogP contribution in [0.5, 0.6) is 0 Å². The number of hydrogen-bond donors (Lipinski definition) is 1. The van der Waals surface area contributed by atoms with E-state index in [0.29, 0.717) is 6.04 Å². The molecule has 2 heterocycles. The maximum absolute atomic E-state index is 4.41. The Hall–Kier alpha value is -0.970. The average molecular weight is 224 g/mol. The summed E-state index contributed by atoms with van der Waals surface area (Å²) in [5, 5.41) is 8.57. The maximum Gasteiger partial charge on any atom is 0.161 e. The van der Waals surface area contributed by atoms with Gasteiger partial charge in [-0.05, 0) is 20.3 Å². The number of thioether (sulfide) groups is 1. The fourth-order valence-electron chi connectivity index (χ4n) is 1.34. The van der Waals surface area contributed by atoms with Crippen LogP contribution in [0, 0.1) is 0 Å². The lowest BCUT2D eigenvalue weighted by Gasteiger charge is -2.11. The third kappa shape index (κ3) is 2.75. The third-order valence-electron chi connectivity index (χ3n) is 2.18. The number of anilines is 1. The van der Waals surface area contributed by atoms with E-state index in [-0.39, 0.29) is 0 Å². The highest BCUT2D eigenvalue weighted by Crippen LogP contribution is 2.16. The molecule has 0 saturated carbocycles. The molecule has 82 valence electrons. The van der Waals surface area contributed by atoms with Crippen LogP contribution in [0.2, 0.25) is 0 Å². The number of nitrogens with one attached hydrogen (secondary N) is 1. The minimum atomic E-state index is 0.404. The highest BCUT2D eigenvalue weighted by atomic mass is 32.2. The quantitative estimate of drug-likeness (QED) is 0.838. The van der Waals surface area contributed by atoms with Gasteiger partial charge in [0.15, 0.2) is 5.17 Å². The van der Waals surface area contributed by atoms with Crippen LogP contribution < -0.4 is 5.32 Å². The first-order chi connectivity index (χ1) is 7.25. The van der Waals surface area contributed by atoms with Crippen LogP contribution in [0.3, 0.4) is 0 Å². The van der Waals surface area contributed by atoms with Gasteiger partial charge in [0.1, 0.15) is 0 Å². The van der Waals surface area contributed by atoms with E-state index in [2.05, 4.69) is 29.3 Å². The van der Waals surface area contributed by atoms with E-state index in [4.69, 9.17) is 0 Å². The summed E-state index contributed by atoms with van der Waals surface area (Å²) in [4.78, 5) is 4.41. The topological polar surface area (TPSA) is 42.2 Å². The van der Waals surface area contributed by atoms with E-state index < -0.39 is 0 Å². The van der Waals surface area contributed by atoms with Crippen molar-refractivity contribution in [2.24, 2.45) is 4.99 Å². The predicted molar refractivity (Wildman–Crippen MR) is 65.6 cm³/mol. The van der Waals surface area contributed by atoms with Gasteiger partial charge in [0.05, 0.1) is 11.9 Å². The Bertz CT molecular complexity index is 356. The van der Waals surface area contributed by atoms with Gasteiger partial charge in [-0.25, -0.2) is 0 Å². The van der Waals surface area contributed by atoms with Crippen molar-refractivity contribution in [1.29, 1.82) is 0 Å². The highest BCUT2D eigenvalue weighted by molar-refractivity contribution is 8.14. The normalized spacial score (nSPS) is 16.6. The molecular weight excluding hydrogens is 208 g/mol. The molecule has 1 aromatic heterocycles. The van der Waals surface area contributed by atoms with E-state index in [0.717, 1.165) is 23.2 Å². The monoisotopic (exact) mass is 224 g/mol. The zero-order chi connectivity index (χ0) is 10.7. The van der Waals surface area contributed by atoms with Crippen molar-refractivity contribution in [3.05, 3.63) is 12.4 Å². The van der Waals surface area contributed by atoms with Crippen molar-refractivity contribution in [2.45, 2.75) is 26.3 Å². The second-order valence-corrected chi connectivity index (χ2v) is 4.90. The first kappa shape index (κ1) is 10.5. The first-order valence-electron chi connectivity index (χ1n) is 5.24. The Morgan fingerprint density at radius 3 is 3.00 bits per heavy atom. The molecule has 0 fully saturated rings. The van der Waals surface area contributed by atoms with Crippen molar-refractivity contribution in [1.82, 2.24) is 9.78 Å². The van der Waals surface area contributed by atoms with Gasteiger partial charge < -0.3 is 5.32 Å². The van der Waals surface area contributed by atoms with Crippen molar-refractivity contribution in [3.8, 4) is 0 Å². The smallest absolute Gasteiger partial charge is 0.161 e. The van der Waals surface area contributed by atoms with Crippen molar-refractivity contribution in [2.75, 3.05) is 17.6 Å². The molecule has 2 rings (SSSR count). The Kier molecular flexibility index (Phi) is 3.30. The van der Waals surface area contributed by atoms with Gasteiger partial charge in [-0.3, -0.25) is 9.67 Å². The Morgan fingerprint density at radius 1 is 1.53 bits per heavy atom. The van der Waals surface area contributed by atoms with Crippen LogP contribution in [-0.2, 0) is 0 Å². The minimum absolute atomic E-state index is 0.404. The fraction of sp³-hybridized carbons (Fsp3) is 0.600. The second-order valence-electron chi connectivity index (χ2n) is 3.82. The second kappa shape index (κ2) is 4.70. The van der Waals surface area contributed by atoms with E-state index in [9.17, 15) is 0 Å². The molecule has 0 saturated heterocycles. The number of hydrogen-bond acceptors (Lipinski definition) is 4. The van der Waals surface area contributed by atoms with Crippen LogP contribution in [0.25, 0.3) is 0 Å². The third-order valence-corrected chi connectivity index (χ3v) is 3.18. The molecule has 0 radical (unpaired) electrons. The summed E-state index contributed by atoms with van der Waals surface area (Å²) in [6.07, 6.45) is 5.04. The average Bonchev–Trinajstić information content (AvgIpc) is 2.68. The lowest BCUT2D eigenvalue weighted by Crippen LogP contribution is -2.13. The number of amidine groups is 1. The molecule has 0 aromatic carbocycles. The fourth-order valence-corrected chi connectivity index (χ4v) is 2.18. The number of rotatable bonds is 2. The van der Waals surface area contributed by atoms with Crippen molar-refractivity contribution < 1.29 is 0 Å². The number of aliphatic imine (C=N–C) groups is 1. The van der Waals surface area contributed by atoms with E-state index >= 15 is 0 Å². The van der Waals surface area contributed by atoms with Crippen LogP contribution in [0.4, 0.5) is 5.69 Å². The minimum Gasteiger partial charge on any atom is -0.332 e. The largest absolute Gasteiger partial charge is 0.332 e. The molecule has 0 aliphatic carbocycles. The first-order valence-corrected chi connectivity index (χ1v) is 6.22. The molecule has 4 nitrogen and oxygen atoms in total. The molecule has 15 heavy (non-hydrogen) atoms. The van der Waals surface area contributed by atoms with E-state index in [1.54, 1.807) is 11.8 Å². The van der Waals surface area contributed by atoms with Crippen molar-refractivity contribution >= 4 is 22.6 Å². The molecule has 0 atom stereocenters. The summed E-state index contributed by atoms with van der Waals surface area (Å²) in [7, 11) is 0. The summed E-state index contributed by atoms with van der Waals surface area (Å²) < 4.78 is 1.94. The van der Waals surface area contributed by atoms with Gasteiger partial charge in [-0.2, -0.15) is 5.10 Å².